The number of carbonyl (C=O) groups is 1. The summed E-state index contributed by atoms with van der Waals surface area (Å²) in [5, 5.41) is 23.3. The maximum absolute atomic E-state index is 10.7. The monoisotopic (exact) mass is 403 g/mol. The Kier molecular flexibility index (Phi) is 7.31. The number of carboxylic acid groups (broad SMARTS) is 1. The van der Waals surface area contributed by atoms with Gasteiger partial charge in [-0.15, -0.1) is 0 Å². The van der Waals surface area contributed by atoms with E-state index in [2.05, 4.69) is 11.4 Å². The Labute approximate surface area is 170 Å². The van der Waals surface area contributed by atoms with E-state index in [0.29, 0.717) is 29.3 Å². The summed E-state index contributed by atoms with van der Waals surface area (Å²) in [4.78, 5) is 10.7. The van der Waals surface area contributed by atoms with E-state index >= 15 is 0 Å². The number of hydrogen-bond acceptors (Lipinski definition) is 4. The Hall–Kier alpha value is -2.08. The Morgan fingerprint density at radius 1 is 1.21 bits per heavy atom. The summed E-state index contributed by atoms with van der Waals surface area (Å²) in [5.41, 5.74) is 1.99. The van der Waals surface area contributed by atoms with Gasteiger partial charge in [-0.05, 0) is 60.6 Å². The second-order valence-corrected chi connectivity index (χ2v) is 7.73. The van der Waals surface area contributed by atoms with E-state index in [1.807, 2.05) is 24.3 Å². The molecular weight excluding hydrogens is 378 g/mol. The summed E-state index contributed by atoms with van der Waals surface area (Å²) in [6.45, 7) is 0.152. The Bertz CT molecular complexity index is 798. The number of hydrogen-bond donors (Lipinski definition) is 3. The van der Waals surface area contributed by atoms with Gasteiger partial charge in [-0.3, -0.25) is 0 Å². The number of nitrogens with one attached hydrogen (secondary N) is 1. The van der Waals surface area contributed by atoms with Crippen LogP contribution in [0.5, 0.6) is 5.75 Å². The Balaban J connectivity index is 1.55. The molecule has 150 valence electrons. The van der Waals surface area contributed by atoms with Crippen molar-refractivity contribution in [2.24, 2.45) is 0 Å². The highest BCUT2D eigenvalue weighted by Crippen LogP contribution is 2.34. The van der Waals surface area contributed by atoms with Gasteiger partial charge in [-0.25, -0.2) is 4.79 Å². The first-order chi connectivity index (χ1) is 13.5. The normalized spacial score (nSPS) is 20.5. The fourth-order valence-corrected chi connectivity index (χ4v) is 3.99. The minimum atomic E-state index is -0.981. The van der Waals surface area contributed by atoms with E-state index in [1.54, 1.807) is 18.2 Å². The molecule has 1 fully saturated rings. The Morgan fingerprint density at radius 3 is 2.82 bits per heavy atom. The van der Waals surface area contributed by atoms with Crippen LogP contribution in [-0.4, -0.2) is 35.4 Å². The predicted octanol–water partition coefficient (Wildman–Crippen LogP) is 4.15. The largest absolute Gasteiger partial charge is 0.482 e. The topological polar surface area (TPSA) is 78.8 Å². The van der Waals surface area contributed by atoms with Gasteiger partial charge < -0.3 is 20.3 Å². The molecule has 5 nitrogen and oxygen atoms in total. The molecule has 0 bridgehead atoms. The molecule has 0 radical (unpaired) electrons. The number of benzene rings is 2. The molecule has 3 atom stereocenters. The van der Waals surface area contributed by atoms with Crippen LogP contribution >= 0.6 is 11.6 Å². The SMILES string of the molecule is O=C(O)COc1cccc([C@H]2CCC[C@H](NC[C@H](O)c3cccc(Cl)c3)C2)c1. The molecule has 3 rings (SSSR count). The molecule has 0 heterocycles. The van der Waals surface area contributed by atoms with Crippen LogP contribution in [0.3, 0.4) is 0 Å². The van der Waals surface area contributed by atoms with Crippen molar-refractivity contribution in [3.8, 4) is 5.75 Å². The Morgan fingerprint density at radius 2 is 2.04 bits per heavy atom. The van der Waals surface area contributed by atoms with Crippen molar-refractivity contribution in [3.05, 3.63) is 64.7 Å². The molecule has 0 aromatic heterocycles. The van der Waals surface area contributed by atoms with Gasteiger partial charge in [0.1, 0.15) is 5.75 Å². The molecule has 6 heteroatoms. The average molecular weight is 404 g/mol. The number of carboxylic acids is 1. The molecule has 0 saturated heterocycles. The van der Waals surface area contributed by atoms with Crippen molar-refractivity contribution < 1.29 is 19.7 Å². The molecular formula is C22H26ClNO4. The highest BCUT2D eigenvalue weighted by atomic mass is 35.5. The summed E-state index contributed by atoms with van der Waals surface area (Å²) in [6.07, 6.45) is 3.66. The van der Waals surface area contributed by atoms with Gasteiger partial charge in [0, 0.05) is 17.6 Å². The fraction of sp³-hybridized carbons (Fsp3) is 0.409. The van der Waals surface area contributed by atoms with Gasteiger partial charge in [-0.1, -0.05) is 42.3 Å². The number of ether oxygens (including phenoxy) is 1. The van der Waals surface area contributed by atoms with Crippen molar-refractivity contribution in [2.75, 3.05) is 13.2 Å². The smallest absolute Gasteiger partial charge is 0.341 e. The summed E-state index contributed by atoms with van der Waals surface area (Å²) < 4.78 is 5.30. The lowest BCUT2D eigenvalue weighted by Crippen LogP contribution is -2.36. The van der Waals surface area contributed by atoms with Gasteiger partial charge in [0.2, 0.25) is 0 Å². The molecule has 3 N–H and O–H groups in total. The molecule has 0 spiro atoms. The van der Waals surface area contributed by atoms with Crippen LogP contribution in [0.1, 0.15) is 48.8 Å². The quantitative estimate of drug-likeness (QED) is 0.617. The zero-order valence-corrected chi connectivity index (χ0v) is 16.4. The molecule has 2 aromatic carbocycles. The number of rotatable bonds is 8. The van der Waals surface area contributed by atoms with Gasteiger partial charge in [0.25, 0.3) is 0 Å². The summed E-state index contributed by atoms with van der Waals surface area (Å²) in [6, 6.07) is 15.3. The second-order valence-electron chi connectivity index (χ2n) is 7.29. The highest BCUT2D eigenvalue weighted by molar-refractivity contribution is 6.30. The van der Waals surface area contributed by atoms with Crippen molar-refractivity contribution in [1.29, 1.82) is 0 Å². The number of aliphatic hydroxyl groups excluding tert-OH is 1. The molecule has 1 aliphatic rings. The van der Waals surface area contributed by atoms with Gasteiger partial charge in [0.15, 0.2) is 6.61 Å². The second kappa shape index (κ2) is 9.92. The van der Waals surface area contributed by atoms with E-state index in [9.17, 15) is 9.90 Å². The van der Waals surface area contributed by atoms with Crippen molar-refractivity contribution in [3.63, 3.8) is 0 Å². The molecule has 1 saturated carbocycles. The highest BCUT2D eigenvalue weighted by Gasteiger charge is 2.24. The zero-order chi connectivity index (χ0) is 19.9. The molecule has 0 amide bonds. The minimum Gasteiger partial charge on any atom is -0.482 e. The van der Waals surface area contributed by atoms with Crippen LogP contribution in [-0.2, 0) is 4.79 Å². The third-order valence-corrected chi connectivity index (χ3v) is 5.43. The van der Waals surface area contributed by atoms with Crippen LogP contribution < -0.4 is 10.1 Å². The van der Waals surface area contributed by atoms with E-state index in [0.717, 1.165) is 31.2 Å². The van der Waals surface area contributed by atoms with E-state index < -0.39 is 12.1 Å². The summed E-state index contributed by atoms with van der Waals surface area (Å²) >= 11 is 6.00. The average Bonchev–Trinajstić information content (AvgIpc) is 2.71. The predicted molar refractivity (Wildman–Crippen MR) is 109 cm³/mol. The standard InChI is InChI=1S/C22H26ClNO4/c23-18-7-1-6-17(10-18)21(25)13-24-19-8-2-4-15(11-19)16-5-3-9-20(12-16)28-14-22(26)27/h1,3,5-7,9-10,12,15,19,21,24-25H,2,4,8,11,13-14H2,(H,26,27)/t15-,19-,21-/m0/s1. The van der Waals surface area contributed by atoms with Gasteiger partial charge in [0.05, 0.1) is 6.10 Å². The van der Waals surface area contributed by atoms with Crippen molar-refractivity contribution >= 4 is 17.6 Å². The lowest BCUT2D eigenvalue weighted by Gasteiger charge is -2.31. The zero-order valence-electron chi connectivity index (χ0n) is 15.7. The minimum absolute atomic E-state index is 0.330. The van der Waals surface area contributed by atoms with Gasteiger partial charge >= 0.3 is 5.97 Å². The van der Waals surface area contributed by atoms with Crippen LogP contribution in [0.15, 0.2) is 48.5 Å². The van der Waals surface area contributed by atoms with E-state index in [-0.39, 0.29) is 6.61 Å². The number of aliphatic carboxylic acids is 1. The van der Waals surface area contributed by atoms with Crippen LogP contribution in [0.4, 0.5) is 0 Å². The van der Waals surface area contributed by atoms with E-state index in [4.69, 9.17) is 21.4 Å². The molecule has 0 unspecified atom stereocenters. The molecule has 0 aliphatic heterocycles. The first-order valence-electron chi connectivity index (χ1n) is 9.62. The lowest BCUT2D eigenvalue weighted by atomic mass is 9.81. The van der Waals surface area contributed by atoms with Crippen molar-refractivity contribution in [2.45, 2.75) is 43.7 Å². The van der Waals surface area contributed by atoms with Crippen LogP contribution in [0.2, 0.25) is 5.02 Å². The van der Waals surface area contributed by atoms with Crippen LogP contribution in [0, 0.1) is 0 Å². The number of aliphatic hydroxyl groups is 1. The maximum atomic E-state index is 10.7. The summed E-state index contributed by atoms with van der Waals surface area (Å²) in [7, 11) is 0. The summed E-state index contributed by atoms with van der Waals surface area (Å²) in [5.74, 6) is -0.0000958. The lowest BCUT2D eigenvalue weighted by molar-refractivity contribution is -0.139. The maximum Gasteiger partial charge on any atom is 0.341 e. The van der Waals surface area contributed by atoms with Crippen LogP contribution in [0.25, 0.3) is 0 Å². The van der Waals surface area contributed by atoms with Gasteiger partial charge in [-0.2, -0.15) is 0 Å². The molecule has 1 aliphatic carbocycles. The first kappa shape index (κ1) is 20.6. The third kappa shape index (κ3) is 5.96. The molecule has 28 heavy (non-hydrogen) atoms. The van der Waals surface area contributed by atoms with E-state index in [1.165, 1.54) is 5.56 Å². The first-order valence-corrected chi connectivity index (χ1v) is 10.0. The fourth-order valence-electron chi connectivity index (χ4n) is 3.79. The number of halogens is 1. The third-order valence-electron chi connectivity index (χ3n) is 5.20. The van der Waals surface area contributed by atoms with Crippen molar-refractivity contribution in [1.82, 2.24) is 5.32 Å². The molecule has 2 aromatic rings.